The Bertz CT molecular complexity index is 4620. The van der Waals surface area contributed by atoms with Crippen LogP contribution in [0.4, 0.5) is 26.3 Å². The lowest BCUT2D eigenvalue weighted by atomic mass is 10.0. The highest BCUT2D eigenvalue weighted by Gasteiger charge is 2.31. The van der Waals surface area contributed by atoms with Crippen LogP contribution in [0.3, 0.4) is 0 Å². The van der Waals surface area contributed by atoms with Crippen LogP contribution in [0.25, 0.3) is 0 Å². The summed E-state index contributed by atoms with van der Waals surface area (Å²) in [4.78, 5) is 73.8. The van der Waals surface area contributed by atoms with Crippen molar-refractivity contribution in [2.24, 2.45) is 35.5 Å². The molecule has 8 rings (SSSR count). The molecule has 25 nitrogen and oxygen atoms in total. The van der Waals surface area contributed by atoms with Crippen molar-refractivity contribution >= 4 is 86.6 Å². The van der Waals surface area contributed by atoms with Gasteiger partial charge in [-0.1, -0.05) is 158 Å². The number of aromatic hydroxyl groups is 1. The smallest absolute Gasteiger partial charge is 0.416 e. The number of aryl methyl sites for hydroxylation is 5. The van der Waals surface area contributed by atoms with Crippen molar-refractivity contribution in [3.63, 3.8) is 0 Å². The van der Waals surface area contributed by atoms with Crippen LogP contribution < -0.4 is 28.4 Å². The van der Waals surface area contributed by atoms with Gasteiger partial charge in [-0.2, -0.15) is 71.9 Å². The second-order valence-corrected chi connectivity index (χ2v) is 38.3. The molecule has 3 N–H and O–H groups in total. The lowest BCUT2D eigenvalue weighted by Gasteiger charge is -2.17. The quantitative estimate of drug-likeness (QED) is 0.00905. The number of methoxy groups -OCH3 is 1. The maximum atomic E-state index is 12.7. The predicted molar refractivity (Wildman–Crippen MR) is 556 cm³/mol. The molecule has 0 spiro atoms. The van der Waals surface area contributed by atoms with Gasteiger partial charge in [0.25, 0.3) is 20.2 Å². The summed E-state index contributed by atoms with van der Waals surface area (Å²) in [5.41, 5.74) is 4.24. The van der Waals surface area contributed by atoms with Crippen LogP contribution in [0.15, 0.2) is 166 Å². The average Bonchev–Trinajstić information content (AvgIpc) is 1.20. The molecule has 7 aromatic carbocycles. The van der Waals surface area contributed by atoms with Gasteiger partial charge in [0, 0.05) is 76.3 Å². The minimum atomic E-state index is -4.32. The van der Waals surface area contributed by atoms with E-state index in [4.69, 9.17) is 90.3 Å². The van der Waals surface area contributed by atoms with E-state index >= 15 is 0 Å². The van der Waals surface area contributed by atoms with Gasteiger partial charge < -0.3 is 53.2 Å². The Morgan fingerprint density at radius 3 is 1.11 bits per heavy atom. The number of carbonyl (C=O) groups is 2. The summed E-state index contributed by atoms with van der Waals surface area (Å²) in [5.74, 6) is 7.72. The highest BCUT2D eigenvalue weighted by atomic mass is 32.2. The Kier molecular flexibility index (Phi) is 90.1. The second kappa shape index (κ2) is 89.2. The Balaban J connectivity index is -0.000000379. The van der Waals surface area contributed by atoms with Crippen molar-refractivity contribution < 1.29 is 143 Å². The number of Topliss-reactive ketones (excluding diaryl/α,β-unsaturated/α-hetero) is 1. The van der Waals surface area contributed by atoms with E-state index in [0.717, 1.165) is 202 Å². The standard InChI is InChI=1S/C23H29F3O2S.C21H25F3O2S.C14H22O4S.C10H12O2S.C9H18O2.C8H18O3S.C7H8O.C6H14O2.C4H8O.3CO2.2CH4/c1-4-6-18(15-28-20-9-7-19(8-10-20)23(24,25)26)16-29-21-11-12-22(17(3)14-21)27-13-5-2;1-4-5-16(14-27-19-10-11-20(25-3)15(2)12-19)13-26-18-8-6-17(7-9-18)21(22,23)24;1-4-5-13(11-18-19(3,15)16)10-17-14-8-6-12(2)7-9-14;1-7-5-9(13)3-4-10(7)12-6-8(2)11;1-4-7-8(5-2)9(10)11-6-3;1-4-6-8(5-2)7-11-12(3,9)10;1-6-2-4-7(8)5-3-6;1-2-3-6(4-7)5-8;1-2-4-5-3-1;3*2-1-3;;/h7-12,14,18H,4-6,13,15-16H2,1-3H3;6-12,16H,4-5,13-14H2,1-3H3;6-9,13H,4-5,10-11H2,1-3H3;3-5,13H,6H2,1-2H3;8H,4-7H2,1-3H3;8H,4-7H2,1-3H3;2-5,8H,1H3;6-8H,2-5H2,1H3;1-4H2;;;;2*1H4. The monoisotopic (exact) mass is 2120 g/mol. The van der Waals surface area contributed by atoms with Crippen molar-refractivity contribution in [1.29, 1.82) is 0 Å². The van der Waals surface area contributed by atoms with Gasteiger partial charge in [-0.15, -0.1) is 36.2 Å². The molecule has 36 heteroatoms. The number of aliphatic hydroxyl groups excluding tert-OH is 2. The fourth-order valence-electron chi connectivity index (χ4n) is 12.1. The van der Waals surface area contributed by atoms with E-state index in [1.807, 2.05) is 135 Å². The molecule has 143 heavy (non-hydrogen) atoms. The molecule has 0 saturated carbocycles. The summed E-state index contributed by atoms with van der Waals surface area (Å²) in [7, 11) is -4.97. The summed E-state index contributed by atoms with van der Waals surface area (Å²) in [6.45, 7) is 37.5. The van der Waals surface area contributed by atoms with Crippen LogP contribution in [0, 0.1) is 70.1 Å². The number of ether oxygens (including phenoxy) is 8. The van der Waals surface area contributed by atoms with Crippen molar-refractivity contribution in [1.82, 2.24) is 0 Å². The number of hydrogen-bond acceptors (Lipinski definition) is 28. The van der Waals surface area contributed by atoms with E-state index in [1.165, 1.54) is 64.9 Å². The largest absolute Gasteiger partial charge is 0.508 e. The number of hydrogen-bond donors (Lipinski definition) is 4. The number of phenolic OH excluding ortho intramolecular Hbond substituents is 1. The zero-order chi connectivity index (χ0) is 108. The van der Waals surface area contributed by atoms with E-state index < -0.39 is 43.7 Å². The number of esters is 1. The van der Waals surface area contributed by atoms with Gasteiger partial charge in [-0.25, -0.2) is 0 Å². The second-order valence-electron chi connectivity index (χ2n) is 32.3. The molecule has 1 aliphatic rings. The lowest BCUT2D eigenvalue weighted by molar-refractivity contribution is -0.193. The predicted octanol–water partition coefficient (Wildman–Crippen LogP) is 25.6. The van der Waals surface area contributed by atoms with Gasteiger partial charge in [0.2, 0.25) is 0 Å². The molecular formula is C107H162F6O25S5. The zero-order valence-electron chi connectivity index (χ0n) is 85.5. The summed E-state index contributed by atoms with van der Waals surface area (Å²) in [6, 6.07) is 42.5. The average molecular weight is 2120 g/mol. The minimum Gasteiger partial charge on any atom is -0.508 e. The topological polar surface area (TPSA) is 358 Å². The molecule has 0 aromatic heterocycles. The first-order valence-corrected chi connectivity index (χ1v) is 53.1. The number of alkyl halides is 6. The third-order valence-electron chi connectivity index (χ3n) is 19.6. The SMILES string of the molecule is C.C.C1CCOC1.CC(=O)COc1ccc(S)cc1C.CCCC(CC)C(=O)OCC.CCCC(CC)COS(C)(=O)=O.CCCC(CO)CO.CCCC(COc1ccc(C(F)(F)F)cc1)CSc1ccc(OC)c(C)c1.CCCC(COc1ccc(C)cc1)COS(C)(=O)=O.CCCOc1ccc(SCC(CCC)COc2ccc(C(F)(F)F)cc2)cc1C.Cc1ccc(O)cc1.O=C=O.O=C=O.O=C=O. The first kappa shape index (κ1) is 144. The molecule has 0 radical (unpaired) electrons. The van der Waals surface area contributed by atoms with E-state index in [-0.39, 0.29) is 89.2 Å². The zero-order valence-corrected chi connectivity index (χ0v) is 89.6. The highest BCUT2D eigenvalue weighted by Crippen LogP contribution is 2.35. The van der Waals surface area contributed by atoms with Gasteiger partial charge in [-0.3, -0.25) is 18.0 Å². The molecule has 0 bridgehead atoms. The van der Waals surface area contributed by atoms with Crippen LogP contribution in [0.2, 0.25) is 0 Å². The van der Waals surface area contributed by atoms with E-state index in [0.29, 0.717) is 74.6 Å². The minimum absolute atomic E-state index is 0. The third-order valence-corrected chi connectivity index (χ3v) is 23.5. The first-order chi connectivity index (χ1) is 66.8. The van der Waals surface area contributed by atoms with E-state index in [1.54, 1.807) is 42.8 Å². The molecule has 1 aliphatic heterocycles. The Morgan fingerprint density at radius 1 is 0.448 bits per heavy atom. The van der Waals surface area contributed by atoms with Crippen LogP contribution in [0.5, 0.6) is 40.2 Å². The van der Waals surface area contributed by atoms with Crippen LogP contribution >= 0.6 is 36.2 Å². The van der Waals surface area contributed by atoms with Crippen LogP contribution in [-0.4, -0.2) is 173 Å². The number of carbonyl (C=O) groups excluding carboxylic acids is 8. The number of benzene rings is 7. The molecule has 1 fully saturated rings. The number of thiol groups is 1. The van der Waals surface area contributed by atoms with Gasteiger partial charge >= 0.3 is 36.8 Å². The normalized spacial score (nSPS) is 11.9. The van der Waals surface area contributed by atoms with E-state index in [9.17, 15) is 52.8 Å². The fraction of sp³-hybridized carbons (Fsp3) is 0.561. The molecule has 812 valence electrons. The summed E-state index contributed by atoms with van der Waals surface area (Å²) in [6.07, 6.45) is 11.7. The van der Waals surface area contributed by atoms with Crippen LogP contribution in [-0.2, 0) is 88.8 Å². The number of thioether (sulfide) groups is 2. The Labute approximate surface area is 862 Å². The summed E-state index contributed by atoms with van der Waals surface area (Å²) >= 11 is 7.72. The number of phenols is 1. The summed E-state index contributed by atoms with van der Waals surface area (Å²) in [5, 5.41) is 25.8. The molecule has 0 aliphatic carbocycles. The number of halogens is 6. The maximum Gasteiger partial charge on any atom is 0.416 e. The van der Waals surface area contributed by atoms with Crippen LogP contribution in [0.1, 0.15) is 239 Å². The Hall–Kier alpha value is -9.25. The van der Waals surface area contributed by atoms with Crippen molar-refractivity contribution in [3.8, 4) is 40.2 Å². The van der Waals surface area contributed by atoms with Gasteiger partial charge in [0.1, 0.15) is 46.9 Å². The van der Waals surface area contributed by atoms with Crippen molar-refractivity contribution in [2.45, 2.75) is 262 Å². The van der Waals surface area contributed by atoms with Crippen molar-refractivity contribution in [2.75, 3.05) is 110 Å². The molecule has 0 amide bonds. The van der Waals surface area contributed by atoms with Gasteiger partial charge in [0.05, 0.1) is 82.9 Å². The van der Waals surface area contributed by atoms with Crippen molar-refractivity contribution in [3.05, 3.63) is 191 Å². The number of aliphatic hydroxyl groups is 2. The molecule has 1 saturated heterocycles. The lowest BCUT2D eigenvalue weighted by Crippen LogP contribution is -2.20. The molecule has 5 unspecified atom stereocenters. The molecule has 5 atom stereocenters. The molecule has 7 aromatic rings. The maximum absolute atomic E-state index is 12.7. The Morgan fingerprint density at radius 2 is 0.797 bits per heavy atom. The summed E-state index contributed by atoms with van der Waals surface area (Å²) < 4.78 is 172. The number of rotatable bonds is 46. The van der Waals surface area contributed by atoms with Gasteiger partial charge in [0.15, 0.2) is 5.78 Å². The molecular weight excluding hydrogens is 1960 g/mol. The van der Waals surface area contributed by atoms with E-state index in [2.05, 4.69) is 72.4 Å². The fourth-order valence-corrected chi connectivity index (χ4v) is 15.5. The highest BCUT2D eigenvalue weighted by molar-refractivity contribution is 7.99. The number of ketones is 1. The first-order valence-electron chi connectivity index (χ1n) is 47.0. The third kappa shape index (κ3) is 80.6. The molecule has 1 heterocycles. The van der Waals surface area contributed by atoms with Gasteiger partial charge in [-0.05, 0) is 263 Å².